The summed E-state index contributed by atoms with van der Waals surface area (Å²) in [5.41, 5.74) is 0.527. The predicted molar refractivity (Wildman–Crippen MR) is 61.8 cm³/mol. The van der Waals surface area contributed by atoms with Crippen LogP contribution in [0, 0.1) is 0 Å². The molecule has 0 aliphatic carbocycles. The Morgan fingerprint density at radius 1 is 1.80 bits per heavy atom. The van der Waals surface area contributed by atoms with E-state index in [-0.39, 0.29) is 5.69 Å². The number of fused-ring (bicyclic) bond motifs is 1. The molecule has 0 atom stereocenters. The zero-order valence-corrected chi connectivity index (χ0v) is 9.05. The van der Waals surface area contributed by atoms with Gasteiger partial charge in [0.25, 0.3) is 5.91 Å². The molecule has 0 unspecified atom stereocenters. The average molecular weight is 273 g/mol. The van der Waals surface area contributed by atoms with Crippen LogP contribution in [0.25, 0.3) is 10.9 Å². The summed E-state index contributed by atoms with van der Waals surface area (Å²) in [7, 11) is 0. The van der Waals surface area contributed by atoms with Crippen LogP contribution in [0.2, 0.25) is 0 Å². The van der Waals surface area contributed by atoms with E-state index in [1.807, 2.05) is 5.32 Å². The Morgan fingerprint density at radius 2 is 2.67 bits per heavy atom. The summed E-state index contributed by atoms with van der Waals surface area (Å²) in [6.07, 6.45) is 0. The number of nitrogens with one attached hydrogen (secondary N) is 2. The third kappa shape index (κ3) is 1.87. The first-order chi connectivity index (χ1) is 9.12. The monoisotopic (exact) mass is 272 g/mol. The van der Waals surface area contributed by atoms with Gasteiger partial charge in [-0.1, -0.05) is 15.9 Å². The van der Waals surface area contributed by atoms with Crippen LogP contribution < -0.4 is 5.32 Å². The maximum atomic E-state index is 12.0. The van der Waals surface area contributed by atoms with Crippen molar-refractivity contribution in [1.29, 1.82) is 0 Å². The number of hydrogen-bond acceptors (Lipinski definition) is 2. The lowest BCUT2D eigenvalue weighted by Gasteiger charge is -1.98. The van der Waals surface area contributed by atoms with Crippen LogP contribution in [-0.2, 0) is 0 Å². The number of aromatic amines is 1. The Balaban J connectivity index is 2.33. The number of carbonyl (C=O) groups is 1. The maximum Gasteiger partial charge on any atom is 0.272 e. The second-order valence-corrected chi connectivity index (χ2v) is 3.76. The van der Waals surface area contributed by atoms with E-state index < -0.39 is 19.3 Å². The molecule has 15 heavy (non-hydrogen) atoms. The number of nitrogens with zero attached hydrogens (tertiary/aromatic N) is 1. The van der Waals surface area contributed by atoms with Crippen molar-refractivity contribution in [2.45, 2.75) is 6.85 Å². The van der Waals surface area contributed by atoms with E-state index in [1.165, 1.54) is 0 Å². The summed E-state index contributed by atoms with van der Waals surface area (Å²) in [6.45, 7) is -5.79. The standard InChI is InChI=1S/C10H10BrN3O/c1-2-12-10(15)9-7-4-3-6(11)5-8(7)13-14-9/h3-5H,2H2,1H3,(H,12,15)(H,13,14)/i1D3,2D2. The lowest BCUT2D eigenvalue weighted by Crippen LogP contribution is -2.23. The first-order valence-corrected chi connectivity index (χ1v) is 4.87. The van der Waals surface area contributed by atoms with Crippen LogP contribution in [0.4, 0.5) is 0 Å². The number of benzene rings is 1. The topological polar surface area (TPSA) is 57.8 Å². The van der Waals surface area contributed by atoms with Crippen LogP contribution in [0.1, 0.15) is 24.2 Å². The molecular formula is C10H10BrN3O. The molecule has 0 radical (unpaired) electrons. The molecule has 2 rings (SSSR count). The smallest absolute Gasteiger partial charge is 0.272 e. The number of rotatable bonds is 2. The van der Waals surface area contributed by atoms with Gasteiger partial charge < -0.3 is 5.32 Å². The van der Waals surface area contributed by atoms with Crippen molar-refractivity contribution in [2.24, 2.45) is 0 Å². The minimum absolute atomic E-state index is 0.0550. The quantitative estimate of drug-likeness (QED) is 0.880. The van der Waals surface area contributed by atoms with E-state index in [1.54, 1.807) is 18.2 Å². The molecule has 0 fully saturated rings. The second kappa shape index (κ2) is 4.02. The molecule has 2 N–H and O–H groups in total. The van der Waals surface area contributed by atoms with Crippen molar-refractivity contribution in [3.05, 3.63) is 28.4 Å². The molecule has 1 aromatic heterocycles. The van der Waals surface area contributed by atoms with Gasteiger partial charge in [-0.05, 0) is 25.1 Å². The lowest BCUT2D eigenvalue weighted by molar-refractivity contribution is 0.0952. The molecule has 1 amide bonds. The molecular weight excluding hydrogens is 258 g/mol. The van der Waals surface area contributed by atoms with Gasteiger partial charge in [0.15, 0.2) is 5.69 Å². The van der Waals surface area contributed by atoms with Crippen molar-refractivity contribution in [1.82, 2.24) is 15.5 Å². The Kier molecular flexibility index (Phi) is 1.51. The lowest BCUT2D eigenvalue weighted by atomic mass is 10.2. The van der Waals surface area contributed by atoms with Crippen molar-refractivity contribution < 1.29 is 11.6 Å². The molecule has 1 aromatic carbocycles. The van der Waals surface area contributed by atoms with Gasteiger partial charge >= 0.3 is 0 Å². The first kappa shape index (κ1) is 5.65. The van der Waals surface area contributed by atoms with Gasteiger partial charge in [-0.2, -0.15) is 5.10 Å². The number of aromatic nitrogens is 2. The normalized spacial score (nSPS) is 17.3. The van der Waals surface area contributed by atoms with Crippen LogP contribution in [-0.4, -0.2) is 22.6 Å². The third-order valence-corrected chi connectivity index (χ3v) is 2.41. The van der Waals surface area contributed by atoms with Crippen LogP contribution >= 0.6 is 15.9 Å². The van der Waals surface area contributed by atoms with Crippen LogP contribution in [0.5, 0.6) is 0 Å². The van der Waals surface area contributed by atoms with Crippen LogP contribution in [0.3, 0.4) is 0 Å². The van der Waals surface area contributed by atoms with E-state index in [4.69, 9.17) is 6.85 Å². The van der Waals surface area contributed by atoms with E-state index in [9.17, 15) is 4.79 Å². The summed E-state index contributed by atoms with van der Waals surface area (Å²) < 4.78 is 36.7. The number of amides is 1. The SMILES string of the molecule is [2H]C([2H])([2H])C([2H])([2H])NC(=O)c1n[nH]c2cc(Br)ccc12. The van der Waals surface area contributed by atoms with Gasteiger partial charge in [0, 0.05) is 23.2 Å². The molecule has 78 valence electrons. The molecule has 0 saturated carbocycles. The van der Waals surface area contributed by atoms with Crippen molar-refractivity contribution >= 4 is 32.7 Å². The van der Waals surface area contributed by atoms with E-state index in [2.05, 4.69) is 26.1 Å². The number of carbonyl (C=O) groups excluding carboxylic acids is 1. The fourth-order valence-corrected chi connectivity index (χ4v) is 1.64. The number of hydrogen-bond donors (Lipinski definition) is 2. The molecule has 0 aliphatic heterocycles. The Hall–Kier alpha value is -1.36. The highest BCUT2D eigenvalue weighted by molar-refractivity contribution is 9.10. The van der Waals surface area contributed by atoms with E-state index >= 15 is 0 Å². The average Bonchev–Trinajstić information content (AvgIpc) is 2.69. The van der Waals surface area contributed by atoms with Crippen molar-refractivity contribution in [2.75, 3.05) is 6.50 Å². The Bertz CT molecular complexity index is 666. The maximum absolute atomic E-state index is 12.0. The molecule has 0 bridgehead atoms. The van der Waals surface area contributed by atoms with Crippen molar-refractivity contribution in [3.8, 4) is 0 Å². The summed E-state index contributed by atoms with van der Waals surface area (Å²) >= 11 is 3.27. The highest BCUT2D eigenvalue weighted by atomic mass is 79.9. The van der Waals surface area contributed by atoms with E-state index in [0.717, 1.165) is 4.47 Å². The van der Waals surface area contributed by atoms with Gasteiger partial charge in [0.2, 0.25) is 0 Å². The second-order valence-electron chi connectivity index (χ2n) is 2.84. The van der Waals surface area contributed by atoms with Crippen LogP contribution in [0.15, 0.2) is 22.7 Å². The molecule has 2 aromatic rings. The van der Waals surface area contributed by atoms with E-state index in [0.29, 0.717) is 10.9 Å². The number of H-pyrrole nitrogens is 1. The Labute approximate surface area is 102 Å². The summed E-state index contributed by atoms with van der Waals surface area (Å²) in [5, 5.41) is 8.75. The minimum Gasteiger partial charge on any atom is -0.351 e. The minimum atomic E-state index is -2.96. The number of halogens is 1. The molecule has 0 saturated heterocycles. The Morgan fingerprint density at radius 3 is 3.47 bits per heavy atom. The fourth-order valence-electron chi connectivity index (χ4n) is 1.28. The van der Waals surface area contributed by atoms with Gasteiger partial charge in [0.1, 0.15) is 0 Å². The zero-order valence-electron chi connectivity index (χ0n) is 12.5. The highest BCUT2D eigenvalue weighted by Crippen LogP contribution is 2.20. The summed E-state index contributed by atoms with van der Waals surface area (Å²) in [4.78, 5) is 12.0. The third-order valence-electron chi connectivity index (χ3n) is 1.92. The molecule has 5 heteroatoms. The molecule has 0 aliphatic rings. The summed E-state index contributed by atoms with van der Waals surface area (Å²) in [6, 6.07) is 5.04. The highest BCUT2D eigenvalue weighted by Gasteiger charge is 2.12. The molecule has 4 nitrogen and oxygen atoms in total. The molecule has 1 heterocycles. The largest absolute Gasteiger partial charge is 0.351 e. The predicted octanol–water partition coefficient (Wildman–Crippen LogP) is 2.08. The fraction of sp³-hybridized carbons (Fsp3) is 0.200. The van der Waals surface area contributed by atoms with Gasteiger partial charge in [-0.25, -0.2) is 0 Å². The zero-order chi connectivity index (χ0) is 15.1. The van der Waals surface area contributed by atoms with Crippen molar-refractivity contribution in [3.63, 3.8) is 0 Å². The van der Waals surface area contributed by atoms with Gasteiger partial charge in [-0.3, -0.25) is 9.89 Å². The first-order valence-electron chi connectivity index (χ1n) is 6.58. The van der Waals surface area contributed by atoms with Gasteiger partial charge in [0.05, 0.1) is 5.52 Å². The molecule has 0 spiro atoms. The summed E-state index contributed by atoms with van der Waals surface area (Å²) in [5.74, 6) is -0.889. The van der Waals surface area contributed by atoms with Gasteiger partial charge in [-0.15, -0.1) is 0 Å².